The van der Waals surface area contributed by atoms with Crippen molar-refractivity contribution in [3.05, 3.63) is 216 Å². The normalized spacial score (nSPS) is 14.6. The molecule has 0 radical (unpaired) electrons. The monoisotopic (exact) mass is 846 g/mol. The van der Waals surface area contributed by atoms with Gasteiger partial charge in [-0.1, -0.05) is 121 Å². The fourth-order valence-corrected chi connectivity index (χ4v) is 8.30. The molecule has 1 aromatic heterocycles. The Kier molecular flexibility index (Phi) is 8.94. The van der Waals surface area contributed by atoms with Gasteiger partial charge in [-0.2, -0.15) is 95.4 Å². The van der Waals surface area contributed by atoms with E-state index in [2.05, 4.69) is 188 Å². The van der Waals surface area contributed by atoms with Crippen molar-refractivity contribution in [3.8, 4) is 11.4 Å². The predicted octanol–water partition coefficient (Wildman–Crippen LogP) is 7.75. The number of aromatic nitrogens is 2. The van der Waals surface area contributed by atoms with Crippen LogP contribution in [0.15, 0.2) is 158 Å². The molecule has 2 nitrogen and oxygen atoms in total. The van der Waals surface area contributed by atoms with Gasteiger partial charge in [-0.25, -0.2) is 0 Å². The Balaban J connectivity index is 0.000000152. The Morgan fingerprint density at radius 2 is 1.29 bits per heavy atom. The third-order valence-electron chi connectivity index (χ3n) is 10.7. The van der Waals surface area contributed by atoms with Crippen LogP contribution in [0.1, 0.15) is 53.1 Å². The third-order valence-corrected chi connectivity index (χ3v) is 10.7. The molecule has 1 atom stereocenters. The minimum Gasteiger partial charge on any atom is -0.315 e. The van der Waals surface area contributed by atoms with E-state index in [-0.39, 0.29) is 39.1 Å². The van der Waals surface area contributed by atoms with Crippen molar-refractivity contribution in [1.29, 1.82) is 0 Å². The van der Waals surface area contributed by atoms with Crippen LogP contribution in [-0.2, 0) is 26.5 Å². The van der Waals surface area contributed by atoms with Gasteiger partial charge < -0.3 is 4.57 Å². The first-order valence-electron chi connectivity index (χ1n) is 17.7. The maximum Gasteiger partial charge on any atom is 4.00 e. The van der Waals surface area contributed by atoms with Crippen LogP contribution in [-0.4, -0.2) is 11.3 Å². The van der Waals surface area contributed by atoms with Crippen LogP contribution in [0, 0.1) is 31.5 Å². The van der Waals surface area contributed by atoms with Crippen LogP contribution >= 0.6 is 0 Å². The molecule has 0 saturated carbocycles. The van der Waals surface area contributed by atoms with Crippen molar-refractivity contribution in [1.82, 2.24) is 4.57 Å². The molecule has 0 aliphatic carbocycles. The molecule has 52 heavy (non-hydrogen) atoms. The molecular weight excluding hydrogens is 810 g/mol. The summed E-state index contributed by atoms with van der Waals surface area (Å²) in [5.41, 5.74) is 16.6. The van der Waals surface area contributed by atoms with Gasteiger partial charge >= 0.3 is 21.1 Å². The standard InChI is InChI=1S/C28H21B.C20H15N2.Pt/c1-28(2)22-15-7-9-18-25(22)29-24-17-8-6-13-20(24)26(19-11-4-3-5-12-19)21-14-10-16-23(28)27(21)29;1-16-11-13-18(14-12-16)22-15-21(17-7-3-2-4-8-17)19-9-5-6-10-20(19)22;/h3-16,26H,1-2H3;2-7,9-14H,1H3;/q-2;-1;+4. The first kappa shape index (κ1) is 33.9. The summed E-state index contributed by atoms with van der Waals surface area (Å²) in [7, 11) is 0. The van der Waals surface area contributed by atoms with E-state index in [4.69, 9.17) is 0 Å². The SMILES string of the molecule is CC1(C)c2ccc[c-]c2B2c3[c-]cccc3C(c3ccccc3)c3cccc1c32.Cc1ccc(-[n+]2[c-]n(-c3[c-]cccc3)c3ccccc32)cc1.[Pt+4]. The van der Waals surface area contributed by atoms with E-state index in [1.807, 2.05) is 24.3 Å². The molecule has 0 amide bonds. The number of fused-ring (bicyclic) bond motifs is 5. The van der Waals surface area contributed by atoms with Crippen LogP contribution in [0.2, 0.25) is 0 Å². The first-order chi connectivity index (χ1) is 25.0. The number of para-hydroxylation sites is 3. The zero-order valence-electron chi connectivity index (χ0n) is 29.4. The largest absolute Gasteiger partial charge is 4.00 e. The fraction of sp³-hybridized carbons (Fsp3) is 0.104. The van der Waals surface area contributed by atoms with Gasteiger partial charge in [0.2, 0.25) is 0 Å². The summed E-state index contributed by atoms with van der Waals surface area (Å²) < 4.78 is 4.14. The van der Waals surface area contributed by atoms with Gasteiger partial charge in [0, 0.05) is 0 Å². The van der Waals surface area contributed by atoms with E-state index in [9.17, 15) is 0 Å². The molecule has 2 aliphatic heterocycles. The van der Waals surface area contributed by atoms with Crippen LogP contribution in [0.3, 0.4) is 0 Å². The second-order valence-electron chi connectivity index (χ2n) is 14.1. The minimum absolute atomic E-state index is 0. The van der Waals surface area contributed by atoms with Crippen molar-refractivity contribution in [2.24, 2.45) is 0 Å². The average molecular weight is 847 g/mol. The molecule has 0 N–H and O–H groups in total. The molecule has 1 unspecified atom stereocenters. The number of aryl methyl sites for hydroxylation is 1. The van der Waals surface area contributed by atoms with Crippen molar-refractivity contribution in [2.75, 3.05) is 0 Å². The maximum atomic E-state index is 3.64. The number of nitrogens with zero attached hydrogens (tertiary/aromatic N) is 2. The number of benzene rings is 7. The molecule has 0 saturated heterocycles. The van der Waals surface area contributed by atoms with Gasteiger partial charge in [0.25, 0.3) is 6.33 Å². The summed E-state index contributed by atoms with van der Waals surface area (Å²) in [5, 5.41) is 0. The van der Waals surface area contributed by atoms with E-state index in [0.29, 0.717) is 0 Å². The average Bonchev–Trinajstić information content (AvgIpc) is 3.57. The Bertz CT molecular complexity index is 2520. The van der Waals surface area contributed by atoms with E-state index >= 15 is 0 Å². The molecular formula is C48H36BN2Pt+. The number of rotatable bonds is 3. The van der Waals surface area contributed by atoms with Crippen LogP contribution in [0.25, 0.3) is 22.4 Å². The zero-order valence-corrected chi connectivity index (χ0v) is 31.6. The second-order valence-corrected chi connectivity index (χ2v) is 14.1. The molecule has 4 heteroatoms. The molecule has 2 aliphatic rings. The molecule has 3 heterocycles. The van der Waals surface area contributed by atoms with Crippen LogP contribution in [0.5, 0.6) is 0 Å². The van der Waals surface area contributed by atoms with Crippen LogP contribution in [0.4, 0.5) is 0 Å². The van der Waals surface area contributed by atoms with Gasteiger partial charge in [0.05, 0.1) is 16.7 Å². The summed E-state index contributed by atoms with van der Waals surface area (Å²) in [6.07, 6.45) is 3.44. The topological polar surface area (TPSA) is 8.81 Å². The smallest absolute Gasteiger partial charge is 0.315 e. The predicted molar refractivity (Wildman–Crippen MR) is 208 cm³/mol. The van der Waals surface area contributed by atoms with E-state index < -0.39 is 0 Å². The van der Waals surface area contributed by atoms with Gasteiger partial charge in [0.15, 0.2) is 6.71 Å². The zero-order chi connectivity index (χ0) is 34.5. The maximum absolute atomic E-state index is 3.64. The van der Waals surface area contributed by atoms with Gasteiger partial charge in [-0.05, 0) is 41.6 Å². The third kappa shape index (κ3) is 5.60. The Labute approximate surface area is 321 Å². The quantitative estimate of drug-likeness (QED) is 0.0979. The number of imidazole rings is 1. The van der Waals surface area contributed by atoms with Crippen LogP contribution < -0.4 is 21.0 Å². The molecule has 7 aromatic carbocycles. The van der Waals surface area contributed by atoms with Crippen molar-refractivity contribution in [2.45, 2.75) is 32.1 Å². The summed E-state index contributed by atoms with van der Waals surface area (Å²) in [4.78, 5) is 0. The number of hydrogen-bond donors (Lipinski definition) is 0. The second kappa shape index (κ2) is 13.7. The van der Waals surface area contributed by atoms with Crippen molar-refractivity contribution >= 4 is 34.1 Å². The minimum atomic E-state index is -0.0392. The Morgan fingerprint density at radius 3 is 2.08 bits per heavy atom. The molecule has 10 rings (SSSR count). The Morgan fingerprint density at radius 1 is 0.615 bits per heavy atom. The number of hydrogen-bond acceptors (Lipinski definition) is 0. The molecule has 0 fully saturated rings. The molecule has 250 valence electrons. The van der Waals surface area contributed by atoms with Gasteiger partial charge in [0.1, 0.15) is 0 Å². The molecule has 0 bridgehead atoms. The molecule has 8 aromatic rings. The fourth-order valence-electron chi connectivity index (χ4n) is 8.30. The first-order valence-corrected chi connectivity index (χ1v) is 17.7. The van der Waals surface area contributed by atoms with E-state index in [1.54, 1.807) is 0 Å². The van der Waals surface area contributed by atoms with E-state index in [1.165, 1.54) is 49.8 Å². The summed E-state index contributed by atoms with van der Waals surface area (Å²) in [6.45, 7) is 7.02. The van der Waals surface area contributed by atoms with Crippen molar-refractivity contribution in [3.63, 3.8) is 0 Å². The summed E-state index contributed by atoms with van der Waals surface area (Å²) in [6, 6.07) is 66.1. The van der Waals surface area contributed by atoms with Gasteiger partial charge in [-0.15, -0.1) is 5.56 Å². The molecule has 0 spiro atoms. The summed E-state index contributed by atoms with van der Waals surface area (Å²) in [5.74, 6) is 0.246. The van der Waals surface area contributed by atoms with E-state index in [0.717, 1.165) is 22.4 Å². The Hall–Kier alpha value is -5.24. The van der Waals surface area contributed by atoms with Crippen molar-refractivity contribution < 1.29 is 25.6 Å². The van der Waals surface area contributed by atoms with Gasteiger partial charge in [-0.3, -0.25) is 4.57 Å². The summed E-state index contributed by atoms with van der Waals surface area (Å²) >= 11 is 0.